The summed E-state index contributed by atoms with van der Waals surface area (Å²) in [6.45, 7) is 2.96. The molecule has 3 nitrogen and oxygen atoms in total. The van der Waals surface area contributed by atoms with Gasteiger partial charge in [-0.15, -0.1) is 0 Å². The molecule has 2 aliphatic rings. The van der Waals surface area contributed by atoms with Crippen LogP contribution < -0.4 is 10.6 Å². The van der Waals surface area contributed by atoms with Crippen LogP contribution in [0.5, 0.6) is 0 Å². The van der Waals surface area contributed by atoms with E-state index in [1.165, 1.54) is 0 Å². The van der Waals surface area contributed by atoms with Crippen LogP contribution >= 0.6 is 0 Å². The fourth-order valence-corrected chi connectivity index (χ4v) is 2.00. The summed E-state index contributed by atoms with van der Waals surface area (Å²) in [6.07, 6.45) is 1.87. The van der Waals surface area contributed by atoms with E-state index in [0.717, 1.165) is 32.5 Å². The molecule has 0 bridgehead atoms. The number of hydrogen-bond donors (Lipinski definition) is 3. The zero-order chi connectivity index (χ0) is 7.03. The Hall–Kier alpha value is -0.120. The van der Waals surface area contributed by atoms with Crippen molar-refractivity contribution in [2.75, 3.05) is 19.6 Å². The first-order valence-corrected chi connectivity index (χ1v) is 3.97. The molecule has 10 heavy (non-hydrogen) atoms. The van der Waals surface area contributed by atoms with E-state index in [0.29, 0.717) is 0 Å². The molecule has 58 valence electrons. The lowest BCUT2D eigenvalue weighted by Crippen LogP contribution is -2.49. The summed E-state index contributed by atoms with van der Waals surface area (Å²) in [5.41, 5.74) is 0.0417. The largest absolute Gasteiger partial charge is 0.391 e. The van der Waals surface area contributed by atoms with Gasteiger partial charge in [0.2, 0.25) is 0 Å². The molecule has 0 aromatic rings. The lowest BCUT2D eigenvalue weighted by molar-refractivity contribution is 0.108. The second kappa shape index (κ2) is 2.19. The summed E-state index contributed by atoms with van der Waals surface area (Å²) in [6, 6.07) is 0. The van der Waals surface area contributed by atoms with Crippen LogP contribution in [-0.2, 0) is 0 Å². The third-order valence-corrected chi connectivity index (χ3v) is 2.72. The molecule has 2 fully saturated rings. The van der Waals surface area contributed by atoms with Crippen molar-refractivity contribution in [3.63, 3.8) is 0 Å². The van der Waals surface area contributed by atoms with Gasteiger partial charge in [0, 0.05) is 6.54 Å². The fraction of sp³-hybridized carbons (Fsp3) is 1.00. The van der Waals surface area contributed by atoms with E-state index in [1.54, 1.807) is 0 Å². The lowest BCUT2D eigenvalue weighted by atomic mass is 9.94. The SMILES string of the molecule is OC1CCNC12CCNC2. The Morgan fingerprint density at radius 3 is 2.80 bits per heavy atom. The fourth-order valence-electron chi connectivity index (χ4n) is 2.00. The van der Waals surface area contributed by atoms with Gasteiger partial charge in [-0.2, -0.15) is 0 Å². The Labute approximate surface area is 60.8 Å². The van der Waals surface area contributed by atoms with E-state index in [1.807, 2.05) is 0 Å². The van der Waals surface area contributed by atoms with Crippen molar-refractivity contribution in [3.05, 3.63) is 0 Å². The predicted octanol–water partition coefficient (Wildman–Crippen LogP) is -0.927. The third kappa shape index (κ3) is 0.779. The maximum absolute atomic E-state index is 9.58. The normalized spacial score (nSPS) is 47.1. The number of aliphatic hydroxyl groups excluding tert-OH is 1. The summed E-state index contributed by atoms with van der Waals surface area (Å²) in [5, 5.41) is 16.2. The predicted molar refractivity (Wildman–Crippen MR) is 38.8 cm³/mol. The molecule has 1 spiro atoms. The molecule has 0 amide bonds. The maximum atomic E-state index is 9.58. The van der Waals surface area contributed by atoms with Gasteiger partial charge in [0.1, 0.15) is 0 Å². The molecule has 0 aliphatic carbocycles. The van der Waals surface area contributed by atoms with Crippen LogP contribution in [0, 0.1) is 0 Å². The minimum atomic E-state index is -0.123. The van der Waals surface area contributed by atoms with Crippen LogP contribution in [0.2, 0.25) is 0 Å². The van der Waals surface area contributed by atoms with Gasteiger partial charge >= 0.3 is 0 Å². The van der Waals surface area contributed by atoms with Gasteiger partial charge in [0.25, 0.3) is 0 Å². The lowest BCUT2D eigenvalue weighted by Gasteiger charge is -2.26. The van der Waals surface area contributed by atoms with Crippen LogP contribution in [0.1, 0.15) is 12.8 Å². The molecular weight excluding hydrogens is 128 g/mol. The van der Waals surface area contributed by atoms with Gasteiger partial charge in [-0.3, -0.25) is 0 Å². The molecule has 2 aliphatic heterocycles. The van der Waals surface area contributed by atoms with Gasteiger partial charge in [-0.1, -0.05) is 0 Å². The van der Waals surface area contributed by atoms with Gasteiger partial charge in [0.15, 0.2) is 0 Å². The van der Waals surface area contributed by atoms with Gasteiger partial charge in [-0.25, -0.2) is 0 Å². The molecule has 2 rings (SSSR count). The minimum absolute atomic E-state index is 0.0417. The second-order valence-electron chi connectivity index (χ2n) is 3.31. The van der Waals surface area contributed by atoms with Crippen molar-refractivity contribution in [2.45, 2.75) is 24.5 Å². The first-order chi connectivity index (χ1) is 4.83. The topological polar surface area (TPSA) is 44.3 Å². The molecule has 3 heteroatoms. The molecule has 0 aromatic heterocycles. The zero-order valence-electron chi connectivity index (χ0n) is 6.06. The minimum Gasteiger partial charge on any atom is -0.391 e. The van der Waals surface area contributed by atoms with E-state index in [4.69, 9.17) is 0 Å². The quantitative estimate of drug-likeness (QED) is 0.409. The molecule has 3 N–H and O–H groups in total. The number of hydrogen-bond acceptors (Lipinski definition) is 3. The van der Waals surface area contributed by atoms with Crippen LogP contribution in [0.3, 0.4) is 0 Å². The van der Waals surface area contributed by atoms with Gasteiger partial charge in [-0.05, 0) is 25.9 Å². The van der Waals surface area contributed by atoms with E-state index in [-0.39, 0.29) is 11.6 Å². The number of aliphatic hydroxyl groups is 1. The Morgan fingerprint density at radius 1 is 1.40 bits per heavy atom. The number of nitrogens with one attached hydrogen (secondary N) is 2. The first-order valence-electron chi connectivity index (χ1n) is 3.97. The van der Waals surface area contributed by atoms with Crippen LogP contribution in [0.4, 0.5) is 0 Å². The molecule has 2 atom stereocenters. The molecular formula is C7H14N2O. The molecule has 2 unspecified atom stereocenters. The van der Waals surface area contributed by atoms with Crippen molar-refractivity contribution in [2.24, 2.45) is 0 Å². The third-order valence-electron chi connectivity index (χ3n) is 2.72. The van der Waals surface area contributed by atoms with Crippen LogP contribution in [-0.4, -0.2) is 36.4 Å². The summed E-state index contributed by atoms with van der Waals surface area (Å²) < 4.78 is 0. The summed E-state index contributed by atoms with van der Waals surface area (Å²) >= 11 is 0. The van der Waals surface area contributed by atoms with Crippen molar-refractivity contribution < 1.29 is 5.11 Å². The molecule has 2 saturated heterocycles. The molecule has 2 heterocycles. The maximum Gasteiger partial charge on any atom is 0.0746 e. The van der Waals surface area contributed by atoms with Crippen molar-refractivity contribution in [1.29, 1.82) is 0 Å². The summed E-state index contributed by atoms with van der Waals surface area (Å²) in [4.78, 5) is 0. The zero-order valence-corrected chi connectivity index (χ0v) is 6.06. The highest BCUT2D eigenvalue weighted by Crippen LogP contribution is 2.25. The van der Waals surface area contributed by atoms with E-state index in [9.17, 15) is 5.11 Å². The highest BCUT2D eigenvalue weighted by atomic mass is 16.3. The van der Waals surface area contributed by atoms with Gasteiger partial charge < -0.3 is 15.7 Å². The summed E-state index contributed by atoms with van der Waals surface area (Å²) in [7, 11) is 0. The average Bonchev–Trinajstić information content (AvgIpc) is 2.48. The van der Waals surface area contributed by atoms with Crippen LogP contribution in [0.25, 0.3) is 0 Å². The van der Waals surface area contributed by atoms with Crippen molar-refractivity contribution in [3.8, 4) is 0 Å². The van der Waals surface area contributed by atoms with Gasteiger partial charge in [0.05, 0.1) is 11.6 Å². The molecule has 0 radical (unpaired) electrons. The second-order valence-corrected chi connectivity index (χ2v) is 3.31. The highest BCUT2D eigenvalue weighted by molar-refractivity contribution is 5.05. The Bertz CT molecular complexity index is 126. The van der Waals surface area contributed by atoms with Crippen molar-refractivity contribution >= 4 is 0 Å². The van der Waals surface area contributed by atoms with Crippen LogP contribution in [0.15, 0.2) is 0 Å². The van der Waals surface area contributed by atoms with E-state index < -0.39 is 0 Å². The highest BCUT2D eigenvalue weighted by Gasteiger charge is 2.43. The Morgan fingerprint density at radius 2 is 2.30 bits per heavy atom. The average molecular weight is 142 g/mol. The monoisotopic (exact) mass is 142 g/mol. The number of rotatable bonds is 0. The molecule has 0 aromatic carbocycles. The smallest absolute Gasteiger partial charge is 0.0746 e. The molecule has 0 saturated carbocycles. The summed E-state index contributed by atoms with van der Waals surface area (Å²) in [5.74, 6) is 0. The van der Waals surface area contributed by atoms with Crippen molar-refractivity contribution in [1.82, 2.24) is 10.6 Å². The first kappa shape index (κ1) is 6.58. The Balaban J connectivity index is 2.11. The standard InChI is InChI=1S/C7H14N2O/c10-6-1-3-9-7(6)2-4-8-5-7/h6,8-10H,1-5H2. The van der Waals surface area contributed by atoms with E-state index >= 15 is 0 Å². The van der Waals surface area contributed by atoms with E-state index in [2.05, 4.69) is 10.6 Å². The Kier molecular flexibility index (Phi) is 1.44.